The Balaban J connectivity index is 2.11. The Bertz CT molecular complexity index is 426. The van der Waals surface area contributed by atoms with E-state index in [4.69, 9.17) is 4.74 Å². The molecule has 1 aromatic rings. The molecule has 0 amide bonds. The molecule has 4 heteroatoms. The number of rotatable bonds is 4. The van der Waals surface area contributed by atoms with Gasteiger partial charge in [-0.15, -0.1) is 0 Å². The second kappa shape index (κ2) is 4.37. The van der Waals surface area contributed by atoms with Crippen molar-refractivity contribution in [3.05, 3.63) is 29.8 Å². The lowest BCUT2D eigenvalue weighted by molar-refractivity contribution is -0.177. The van der Waals surface area contributed by atoms with Crippen molar-refractivity contribution in [2.75, 3.05) is 31.7 Å². The van der Waals surface area contributed by atoms with Crippen molar-refractivity contribution in [2.24, 2.45) is 5.41 Å². The summed E-state index contributed by atoms with van der Waals surface area (Å²) in [6.07, 6.45) is 0. The van der Waals surface area contributed by atoms with Crippen molar-refractivity contribution < 1.29 is 14.6 Å². The summed E-state index contributed by atoms with van der Waals surface area (Å²) in [7, 11) is 1.91. The number of carboxylic acids is 1. The van der Waals surface area contributed by atoms with Crippen molar-refractivity contribution in [1.29, 1.82) is 0 Å². The predicted octanol–water partition coefficient (Wildman–Crippen LogP) is 1.53. The van der Waals surface area contributed by atoms with Gasteiger partial charge < -0.3 is 14.7 Å². The predicted molar refractivity (Wildman–Crippen MR) is 65.3 cm³/mol. The Hall–Kier alpha value is -1.55. The molecule has 92 valence electrons. The van der Waals surface area contributed by atoms with Gasteiger partial charge in [0.2, 0.25) is 0 Å². The maximum absolute atomic E-state index is 11.2. The highest BCUT2D eigenvalue weighted by Crippen LogP contribution is 2.30. The SMILES string of the molecule is Cc1cccc(N(C)CC2(C(=O)O)COC2)c1. The quantitative estimate of drug-likeness (QED) is 0.860. The van der Waals surface area contributed by atoms with Gasteiger partial charge in [-0.05, 0) is 24.6 Å². The first kappa shape index (κ1) is 11.9. The summed E-state index contributed by atoms with van der Waals surface area (Å²) in [6, 6.07) is 8.04. The Kier molecular flexibility index (Phi) is 3.07. The van der Waals surface area contributed by atoms with Crippen LogP contribution in [0.5, 0.6) is 0 Å². The van der Waals surface area contributed by atoms with Gasteiger partial charge in [-0.25, -0.2) is 0 Å². The summed E-state index contributed by atoms with van der Waals surface area (Å²) in [5.74, 6) is -0.775. The first-order chi connectivity index (χ1) is 8.03. The summed E-state index contributed by atoms with van der Waals surface area (Å²) >= 11 is 0. The molecule has 17 heavy (non-hydrogen) atoms. The van der Waals surface area contributed by atoms with Gasteiger partial charge in [-0.3, -0.25) is 4.79 Å². The number of aliphatic carboxylic acids is 1. The highest BCUT2D eigenvalue weighted by Gasteiger charge is 2.47. The van der Waals surface area contributed by atoms with Crippen molar-refractivity contribution in [3.63, 3.8) is 0 Å². The standard InChI is InChI=1S/C13H17NO3/c1-10-4-3-5-11(6-10)14(2)7-13(12(15)16)8-17-9-13/h3-6H,7-9H2,1-2H3,(H,15,16). The number of aryl methyl sites for hydroxylation is 1. The zero-order valence-electron chi connectivity index (χ0n) is 10.1. The lowest BCUT2D eigenvalue weighted by Crippen LogP contribution is -2.55. The lowest BCUT2D eigenvalue weighted by Gasteiger charge is -2.40. The zero-order chi connectivity index (χ0) is 12.5. The van der Waals surface area contributed by atoms with Gasteiger partial charge in [0.05, 0.1) is 13.2 Å². The summed E-state index contributed by atoms with van der Waals surface area (Å²) in [6.45, 7) is 3.11. The maximum Gasteiger partial charge on any atom is 0.316 e. The van der Waals surface area contributed by atoms with E-state index in [1.54, 1.807) is 0 Å². The summed E-state index contributed by atoms with van der Waals surface area (Å²) < 4.78 is 5.05. The average Bonchev–Trinajstić information content (AvgIpc) is 2.22. The first-order valence-corrected chi connectivity index (χ1v) is 5.62. The van der Waals surface area contributed by atoms with Crippen LogP contribution in [0.4, 0.5) is 5.69 Å². The van der Waals surface area contributed by atoms with Gasteiger partial charge in [0.1, 0.15) is 5.41 Å². The van der Waals surface area contributed by atoms with Crippen LogP contribution in [-0.2, 0) is 9.53 Å². The van der Waals surface area contributed by atoms with Crippen LogP contribution in [0.25, 0.3) is 0 Å². The third-order valence-electron chi connectivity index (χ3n) is 3.19. The first-order valence-electron chi connectivity index (χ1n) is 5.62. The molecule has 0 bridgehead atoms. The molecule has 4 nitrogen and oxygen atoms in total. The van der Waals surface area contributed by atoms with Crippen LogP contribution in [0.2, 0.25) is 0 Å². The fourth-order valence-electron chi connectivity index (χ4n) is 2.04. The van der Waals surface area contributed by atoms with E-state index in [2.05, 4.69) is 6.07 Å². The van der Waals surface area contributed by atoms with Crippen LogP contribution in [0, 0.1) is 12.3 Å². The second-order valence-electron chi connectivity index (χ2n) is 4.77. The van der Waals surface area contributed by atoms with Crippen molar-refractivity contribution in [1.82, 2.24) is 0 Å². The molecule has 2 rings (SSSR count). The molecular weight excluding hydrogens is 218 g/mol. The Morgan fingerprint density at radius 2 is 2.24 bits per heavy atom. The molecule has 1 saturated heterocycles. The smallest absolute Gasteiger partial charge is 0.316 e. The maximum atomic E-state index is 11.2. The molecule has 1 aliphatic heterocycles. The number of carboxylic acid groups (broad SMARTS) is 1. The topological polar surface area (TPSA) is 49.8 Å². The Morgan fingerprint density at radius 1 is 1.53 bits per heavy atom. The highest BCUT2D eigenvalue weighted by atomic mass is 16.5. The monoisotopic (exact) mass is 235 g/mol. The van der Waals surface area contributed by atoms with Crippen LogP contribution in [-0.4, -0.2) is 37.9 Å². The molecule has 1 fully saturated rings. The van der Waals surface area contributed by atoms with E-state index in [0.717, 1.165) is 5.69 Å². The molecule has 1 N–H and O–H groups in total. The molecule has 1 aromatic carbocycles. The largest absolute Gasteiger partial charge is 0.481 e. The Morgan fingerprint density at radius 3 is 2.71 bits per heavy atom. The summed E-state index contributed by atoms with van der Waals surface area (Å²) in [4.78, 5) is 13.2. The molecule has 0 radical (unpaired) electrons. The third kappa shape index (κ3) is 2.26. The van der Waals surface area contributed by atoms with Crippen molar-refractivity contribution in [2.45, 2.75) is 6.92 Å². The van der Waals surface area contributed by atoms with Gasteiger partial charge in [0.25, 0.3) is 0 Å². The summed E-state index contributed by atoms with van der Waals surface area (Å²) in [5, 5.41) is 9.23. The molecule has 0 spiro atoms. The second-order valence-corrected chi connectivity index (χ2v) is 4.77. The molecule has 0 aliphatic carbocycles. The average molecular weight is 235 g/mol. The van der Waals surface area contributed by atoms with Gasteiger partial charge in [0, 0.05) is 19.3 Å². The number of anilines is 1. The molecule has 1 aliphatic rings. The van der Waals surface area contributed by atoms with Gasteiger partial charge >= 0.3 is 5.97 Å². The van der Waals surface area contributed by atoms with Crippen molar-refractivity contribution >= 4 is 11.7 Å². The van der Waals surface area contributed by atoms with Crippen LogP contribution in [0.3, 0.4) is 0 Å². The van der Waals surface area contributed by atoms with E-state index in [0.29, 0.717) is 19.8 Å². The van der Waals surface area contributed by atoms with E-state index in [9.17, 15) is 9.90 Å². The molecule has 0 aromatic heterocycles. The number of ether oxygens (including phenoxy) is 1. The van der Waals surface area contributed by atoms with Gasteiger partial charge in [0.15, 0.2) is 0 Å². The Labute approximate surface area is 101 Å². The fraction of sp³-hybridized carbons (Fsp3) is 0.462. The van der Waals surface area contributed by atoms with E-state index in [-0.39, 0.29) is 0 Å². The molecule has 0 unspecified atom stereocenters. The number of benzene rings is 1. The summed E-state index contributed by atoms with van der Waals surface area (Å²) in [5.41, 5.74) is 1.47. The van der Waals surface area contributed by atoms with Crippen molar-refractivity contribution in [3.8, 4) is 0 Å². The van der Waals surface area contributed by atoms with E-state index in [1.807, 2.05) is 37.1 Å². The number of carbonyl (C=O) groups is 1. The van der Waals surface area contributed by atoms with E-state index >= 15 is 0 Å². The zero-order valence-corrected chi connectivity index (χ0v) is 10.1. The lowest BCUT2D eigenvalue weighted by atomic mass is 9.85. The number of hydrogen-bond donors (Lipinski definition) is 1. The van der Waals surface area contributed by atoms with Gasteiger partial charge in [-0.1, -0.05) is 12.1 Å². The minimum Gasteiger partial charge on any atom is -0.481 e. The molecular formula is C13H17NO3. The normalized spacial score (nSPS) is 17.3. The molecule has 0 saturated carbocycles. The highest BCUT2D eigenvalue weighted by molar-refractivity contribution is 5.77. The van der Waals surface area contributed by atoms with Crippen LogP contribution in [0.1, 0.15) is 5.56 Å². The molecule has 0 atom stereocenters. The van der Waals surface area contributed by atoms with E-state index in [1.165, 1.54) is 5.56 Å². The number of nitrogens with zero attached hydrogens (tertiary/aromatic N) is 1. The third-order valence-corrected chi connectivity index (χ3v) is 3.19. The van der Waals surface area contributed by atoms with Crippen LogP contribution in [0.15, 0.2) is 24.3 Å². The van der Waals surface area contributed by atoms with Crippen LogP contribution < -0.4 is 4.90 Å². The van der Waals surface area contributed by atoms with Gasteiger partial charge in [-0.2, -0.15) is 0 Å². The fourth-order valence-corrected chi connectivity index (χ4v) is 2.04. The minimum absolute atomic E-state index is 0.304. The van der Waals surface area contributed by atoms with Crippen LogP contribution >= 0.6 is 0 Å². The number of hydrogen-bond acceptors (Lipinski definition) is 3. The minimum atomic E-state index is -0.775. The molecule has 1 heterocycles. The van der Waals surface area contributed by atoms with E-state index < -0.39 is 11.4 Å².